The van der Waals surface area contributed by atoms with Gasteiger partial charge in [-0.1, -0.05) is 55.3 Å². The van der Waals surface area contributed by atoms with Crippen molar-refractivity contribution in [3.63, 3.8) is 0 Å². The molecule has 2 aliphatic carbocycles. The van der Waals surface area contributed by atoms with Gasteiger partial charge in [0.15, 0.2) is 5.78 Å². The van der Waals surface area contributed by atoms with Crippen LogP contribution in [-0.2, 0) is 19.8 Å². The minimum absolute atomic E-state index is 0.174. The average Bonchev–Trinajstić information content (AvgIpc) is 3.22. The lowest BCUT2D eigenvalue weighted by Gasteiger charge is -2.35. The van der Waals surface area contributed by atoms with Crippen molar-refractivity contribution in [2.24, 2.45) is 0 Å². The molecule has 2 aromatic carbocycles. The number of ketones is 2. The summed E-state index contributed by atoms with van der Waals surface area (Å²) in [4.78, 5) is 37.4. The zero-order valence-corrected chi connectivity index (χ0v) is 16.3. The number of fused-ring (bicyclic) bond motifs is 2. The van der Waals surface area contributed by atoms with E-state index in [-0.39, 0.29) is 29.4 Å². The maximum absolute atomic E-state index is 13.4. The molecule has 1 saturated carbocycles. The Morgan fingerprint density at radius 3 is 2.38 bits per heavy atom. The fourth-order valence-corrected chi connectivity index (χ4v) is 4.55. The molecule has 148 valence electrons. The van der Waals surface area contributed by atoms with Crippen molar-refractivity contribution in [1.29, 1.82) is 0 Å². The smallest absolute Gasteiger partial charge is 0.259 e. The van der Waals surface area contributed by atoms with E-state index in [1.807, 2.05) is 48.5 Å². The first-order valence-corrected chi connectivity index (χ1v) is 9.90. The highest BCUT2D eigenvalue weighted by Crippen LogP contribution is 2.50. The van der Waals surface area contributed by atoms with Crippen LogP contribution >= 0.6 is 0 Å². The quantitative estimate of drug-likeness (QED) is 0.781. The van der Waals surface area contributed by atoms with Crippen molar-refractivity contribution >= 4 is 23.2 Å². The lowest BCUT2D eigenvalue weighted by molar-refractivity contribution is -0.127. The van der Waals surface area contributed by atoms with Crippen LogP contribution in [-0.4, -0.2) is 29.1 Å². The van der Waals surface area contributed by atoms with Crippen LogP contribution in [0.2, 0.25) is 0 Å². The molecule has 2 aromatic rings. The molecule has 0 aliphatic heterocycles. The normalized spacial score (nSPS) is 17.3. The van der Waals surface area contributed by atoms with Gasteiger partial charge in [0, 0.05) is 5.56 Å². The topological polar surface area (TPSA) is 83.5 Å². The van der Waals surface area contributed by atoms with Gasteiger partial charge in [0.05, 0.1) is 12.0 Å². The molecule has 2 N–H and O–H groups in total. The highest BCUT2D eigenvalue weighted by atomic mass is 16.3. The van der Waals surface area contributed by atoms with Crippen LogP contribution in [0.15, 0.2) is 54.1 Å². The summed E-state index contributed by atoms with van der Waals surface area (Å²) in [5, 5.41) is 13.4. The van der Waals surface area contributed by atoms with Gasteiger partial charge in [0.25, 0.3) is 5.91 Å². The number of hydrogen-bond acceptors (Lipinski definition) is 4. The first kappa shape index (κ1) is 19.1. The maximum Gasteiger partial charge on any atom is 0.259 e. The van der Waals surface area contributed by atoms with Crippen molar-refractivity contribution in [3.8, 4) is 11.1 Å². The molecule has 0 saturated heterocycles. The van der Waals surface area contributed by atoms with E-state index in [0.717, 1.165) is 29.5 Å². The second-order valence-corrected chi connectivity index (χ2v) is 7.85. The van der Waals surface area contributed by atoms with Gasteiger partial charge in [0.2, 0.25) is 0 Å². The van der Waals surface area contributed by atoms with Crippen molar-refractivity contribution in [1.82, 2.24) is 5.32 Å². The number of carbonyl (C=O) groups excluding carboxylic acids is 3. The number of rotatable bonds is 4. The number of Topliss-reactive ketones (excluding diaryl/α,β-unsaturated/α-hetero) is 2. The number of aliphatic hydroxyl groups is 1. The summed E-state index contributed by atoms with van der Waals surface area (Å²) in [5.74, 6) is -1.55. The third-order valence-corrected chi connectivity index (χ3v) is 5.98. The van der Waals surface area contributed by atoms with Crippen molar-refractivity contribution in [2.45, 2.75) is 38.0 Å². The molecule has 0 aromatic heterocycles. The molecule has 1 spiro atoms. The number of hydrogen-bond donors (Lipinski definition) is 2. The predicted octanol–water partition coefficient (Wildman–Crippen LogP) is 3.72. The Hall–Kier alpha value is -3.21. The SMILES string of the molecule is CC(=O)CNC(=O)C1=C(O)c2cc(-c3ccccc3)ccc2C2(CCCC2)C1=O. The molecule has 0 radical (unpaired) electrons. The Labute approximate surface area is 169 Å². The molecule has 0 heterocycles. The summed E-state index contributed by atoms with van der Waals surface area (Å²) in [7, 11) is 0. The largest absolute Gasteiger partial charge is 0.506 e. The summed E-state index contributed by atoms with van der Waals surface area (Å²) < 4.78 is 0. The molecule has 0 bridgehead atoms. The van der Waals surface area contributed by atoms with Gasteiger partial charge < -0.3 is 10.4 Å². The van der Waals surface area contributed by atoms with Crippen LogP contribution in [0, 0.1) is 0 Å². The Kier molecular flexibility index (Phi) is 4.82. The van der Waals surface area contributed by atoms with Gasteiger partial charge in [0.1, 0.15) is 17.1 Å². The van der Waals surface area contributed by atoms with Gasteiger partial charge in [-0.05, 0) is 42.5 Å². The van der Waals surface area contributed by atoms with Crippen LogP contribution in [0.1, 0.15) is 43.7 Å². The second kappa shape index (κ2) is 7.32. The van der Waals surface area contributed by atoms with Gasteiger partial charge in [-0.25, -0.2) is 0 Å². The molecule has 29 heavy (non-hydrogen) atoms. The average molecular weight is 389 g/mol. The van der Waals surface area contributed by atoms with Crippen LogP contribution < -0.4 is 5.32 Å². The van der Waals surface area contributed by atoms with Crippen molar-refractivity contribution in [3.05, 3.63) is 65.2 Å². The van der Waals surface area contributed by atoms with E-state index in [1.165, 1.54) is 6.92 Å². The van der Waals surface area contributed by atoms with Crippen LogP contribution in [0.5, 0.6) is 0 Å². The van der Waals surface area contributed by atoms with Gasteiger partial charge in [-0.15, -0.1) is 0 Å². The molecular weight excluding hydrogens is 366 g/mol. The summed E-state index contributed by atoms with van der Waals surface area (Å²) >= 11 is 0. The van der Waals surface area contributed by atoms with Crippen LogP contribution in [0.25, 0.3) is 16.9 Å². The van der Waals surface area contributed by atoms with E-state index in [0.29, 0.717) is 18.4 Å². The third-order valence-electron chi connectivity index (χ3n) is 5.98. The van der Waals surface area contributed by atoms with Crippen molar-refractivity contribution < 1.29 is 19.5 Å². The zero-order valence-electron chi connectivity index (χ0n) is 16.3. The number of aliphatic hydroxyl groups excluding tert-OH is 1. The zero-order chi connectivity index (χ0) is 20.6. The molecular formula is C24H23NO4. The molecule has 1 fully saturated rings. The Balaban J connectivity index is 1.87. The van der Waals surface area contributed by atoms with E-state index in [1.54, 1.807) is 0 Å². The molecule has 2 aliphatic rings. The standard InChI is InChI=1S/C24H23NO4/c1-15(26)14-25-23(29)20-21(27)18-13-17(16-7-3-2-4-8-16)9-10-19(18)24(22(20)28)11-5-6-12-24/h2-4,7-10,13,27H,5-6,11-12,14H2,1H3,(H,25,29). The lowest BCUT2D eigenvalue weighted by atomic mass is 9.67. The molecule has 5 nitrogen and oxygen atoms in total. The Morgan fingerprint density at radius 2 is 1.72 bits per heavy atom. The van der Waals surface area contributed by atoms with E-state index in [4.69, 9.17) is 0 Å². The number of benzene rings is 2. The summed E-state index contributed by atoms with van der Waals surface area (Å²) in [5.41, 5.74) is 2.21. The first-order valence-electron chi connectivity index (χ1n) is 9.90. The molecule has 4 rings (SSSR count). The first-order chi connectivity index (χ1) is 13.9. The Bertz CT molecular complexity index is 1030. The van der Waals surface area contributed by atoms with E-state index in [2.05, 4.69) is 5.32 Å². The molecule has 0 atom stereocenters. The van der Waals surface area contributed by atoms with E-state index in [9.17, 15) is 19.5 Å². The molecule has 1 amide bonds. The molecule has 5 heteroatoms. The summed E-state index contributed by atoms with van der Waals surface area (Å²) in [6.45, 7) is 1.18. The van der Waals surface area contributed by atoms with E-state index >= 15 is 0 Å². The third kappa shape index (κ3) is 3.16. The van der Waals surface area contributed by atoms with Crippen LogP contribution in [0.3, 0.4) is 0 Å². The number of nitrogens with one attached hydrogen (secondary N) is 1. The highest BCUT2D eigenvalue weighted by Gasteiger charge is 2.50. The lowest BCUT2D eigenvalue weighted by Crippen LogP contribution is -2.43. The van der Waals surface area contributed by atoms with Crippen molar-refractivity contribution in [2.75, 3.05) is 6.54 Å². The Morgan fingerprint density at radius 1 is 1.03 bits per heavy atom. The van der Waals surface area contributed by atoms with Gasteiger partial charge >= 0.3 is 0 Å². The monoisotopic (exact) mass is 389 g/mol. The predicted molar refractivity (Wildman–Crippen MR) is 110 cm³/mol. The highest BCUT2D eigenvalue weighted by molar-refractivity contribution is 6.28. The second-order valence-electron chi connectivity index (χ2n) is 7.85. The molecule has 0 unspecified atom stereocenters. The summed E-state index contributed by atoms with van der Waals surface area (Å²) in [6, 6.07) is 15.5. The summed E-state index contributed by atoms with van der Waals surface area (Å²) in [6.07, 6.45) is 3.10. The van der Waals surface area contributed by atoms with Gasteiger partial charge in [-0.2, -0.15) is 0 Å². The number of carbonyl (C=O) groups is 3. The number of amides is 1. The fraction of sp³-hybridized carbons (Fsp3) is 0.292. The van der Waals surface area contributed by atoms with Crippen LogP contribution in [0.4, 0.5) is 0 Å². The maximum atomic E-state index is 13.4. The fourth-order valence-electron chi connectivity index (χ4n) is 4.55. The van der Waals surface area contributed by atoms with Gasteiger partial charge in [-0.3, -0.25) is 14.4 Å². The minimum atomic E-state index is -0.778. The van der Waals surface area contributed by atoms with E-state index < -0.39 is 11.3 Å². The minimum Gasteiger partial charge on any atom is -0.506 e.